The molecule has 1 heterocycles. The fourth-order valence-electron chi connectivity index (χ4n) is 2.74. The van der Waals surface area contributed by atoms with Gasteiger partial charge in [-0.1, -0.05) is 13.8 Å². The van der Waals surface area contributed by atoms with Crippen molar-refractivity contribution in [3.05, 3.63) is 35.6 Å². The first-order chi connectivity index (χ1) is 12.0. The van der Waals surface area contributed by atoms with Gasteiger partial charge in [0.1, 0.15) is 11.9 Å². The summed E-state index contributed by atoms with van der Waals surface area (Å²) in [4.78, 5) is 27.0. The molecule has 1 aliphatic rings. The van der Waals surface area contributed by atoms with Gasteiger partial charge in [-0.2, -0.15) is 0 Å². The lowest BCUT2D eigenvalue weighted by Gasteiger charge is -2.28. The van der Waals surface area contributed by atoms with E-state index in [9.17, 15) is 14.0 Å². The Hall–Kier alpha value is -1.70. The van der Waals surface area contributed by atoms with E-state index < -0.39 is 11.9 Å². The molecule has 0 spiro atoms. The number of hydrogen-bond donors (Lipinski definition) is 3. The molecule has 0 bridgehead atoms. The smallest absolute Gasteiger partial charge is 0.251 e. The van der Waals surface area contributed by atoms with Crippen LogP contribution in [0.5, 0.6) is 0 Å². The zero-order valence-corrected chi connectivity index (χ0v) is 16.1. The first-order valence-electron chi connectivity index (χ1n) is 8.74. The number of benzene rings is 1. The van der Waals surface area contributed by atoms with Gasteiger partial charge in [-0.15, -0.1) is 12.4 Å². The molecular weight excluding hydrogens is 359 g/mol. The highest BCUT2D eigenvalue weighted by molar-refractivity contribution is 5.97. The number of halogens is 2. The molecule has 0 saturated carbocycles. The Kier molecular flexibility index (Phi) is 9.54. The Labute approximate surface area is 160 Å². The number of nitrogens with zero attached hydrogens (tertiary/aromatic N) is 1. The summed E-state index contributed by atoms with van der Waals surface area (Å²) >= 11 is 0. The Morgan fingerprint density at radius 1 is 1.19 bits per heavy atom. The van der Waals surface area contributed by atoms with Crippen molar-refractivity contribution in [2.45, 2.75) is 19.9 Å². The van der Waals surface area contributed by atoms with Crippen molar-refractivity contribution in [2.75, 3.05) is 39.3 Å². The lowest BCUT2D eigenvalue weighted by Crippen LogP contribution is -2.52. The molecule has 0 aliphatic carbocycles. The second-order valence-electron chi connectivity index (χ2n) is 6.58. The van der Waals surface area contributed by atoms with Gasteiger partial charge >= 0.3 is 0 Å². The predicted octanol–water partition coefficient (Wildman–Crippen LogP) is 1.02. The van der Waals surface area contributed by atoms with Crippen molar-refractivity contribution in [1.82, 2.24) is 20.9 Å². The second-order valence-corrected chi connectivity index (χ2v) is 6.58. The van der Waals surface area contributed by atoms with Crippen LogP contribution >= 0.6 is 12.4 Å². The maximum Gasteiger partial charge on any atom is 0.251 e. The molecular formula is C18H28ClFN4O2. The summed E-state index contributed by atoms with van der Waals surface area (Å²) in [5.74, 6) is -1.03. The van der Waals surface area contributed by atoms with E-state index in [1.54, 1.807) is 0 Å². The molecule has 1 atom stereocenters. The highest BCUT2D eigenvalue weighted by Gasteiger charge is 2.24. The van der Waals surface area contributed by atoms with E-state index in [0.717, 1.165) is 32.7 Å². The van der Waals surface area contributed by atoms with Crippen molar-refractivity contribution < 1.29 is 14.0 Å². The zero-order chi connectivity index (χ0) is 18.2. The van der Waals surface area contributed by atoms with Crippen LogP contribution in [-0.2, 0) is 4.79 Å². The third-order valence-corrected chi connectivity index (χ3v) is 4.28. The van der Waals surface area contributed by atoms with Crippen molar-refractivity contribution in [3.63, 3.8) is 0 Å². The highest BCUT2D eigenvalue weighted by Crippen LogP contribution is 2.06. The molecule has 8 heteroatoms. The van der Waals surface area contributed by atoms with Gasteiger partial charge in [-0.05, 0) is 30.2 Å². The molecule has 0 aromatic heterocycles. The van der Waals surface area contributed by atoms with Gasteiger partial charge in [0.05, 0.1) is 0 Å². The van der Waals surface area contributed by atoms with Crippen molar-refractivity contribution in [3.8, 4) is 0 Å². The highest BCUT2D eigenvalue weighted by atomic mass is 35.5. The van der Waals surface area contributed by atoms with E-state index in [2.05, 4.69) is 20.9 Å². The summed E-state index contributed by atoms with van der Waals surface area (Å²) < 4.78 is 13.0. The molecule has 1 aromatic carbocycles. The van der Waals surface area contributed by atoms with Gasteiger partial charge in [0.2, 0.25) is 5.91 Å². The Morgan fingerprint density at radius 3 is 2.38 bits per heavy atom. The van der Waals surface area contributed by atoms with E-state index in [1.807, 2.05) is 13.8 Å². The summed E-state index contributed by atoms with van der Waals surface area (Å²) in [5, 5.41) is 8.93. The van der Waals surface area contributed by atoms with Crippen LogP contribution in [0.25, 0.3) is 0 Å². The van der Waals surface area contributed by atoms with Crippen LogP contribution in [0.2, 0.25) is 0 Å². The SMILES string of the molecule is CC(C)C(NC(=O)c1ccc(F)cc1)C(=O)NCCN1CCNCC1.Cl. The average Bonchev–Trinajstić information content (AvgIpc) is 2.60. The third kappa shape index (κ3) is 6.90. The number of carbonyl (C=O) groups excluding carboxylic acids is 2. The van der Waals surface area contributed by atoms with Crippen LogP contribution in [0, 0.1) is 11.7 Å². The molecule has 146 valence electrons. The molecule has 26 heavy (non-hydrogen) atoms. The Morgan fingerprint density at radius 2 is 1.81 bits per heavy atom. The molecule has 1 fully saturated rings. The van der Waals surface area contributed by atoms with Crippen LogP contribution in [0.4, 0.5) is 4.39 Å². The number of rotatable bonds is 7. The predicted molar refractivity (Wildman–Crippen MR) is 102 cm³/mol. The lowest BCUT2D eigenvalue weighted by molar-refractivity contribution is -0.124. The number of carbonyl (C=O) groups is 2. The topological polar surface area (TPSA) is 73.5 Å². The van der Waals surface area contributed by atoms with E-state index >= 15 is 0 Å². The summed E-state index contributed by atoms with van der Waals surface area (Å²) in [7, 11) is 0. The number of piperazine rings is 1. The van der Waals surface area contributed by atoms with Gasteiger partial charge in [-0.3, -0.25) is 14.5 Å². The second kappa shape index (κ2) is 11.1. The Balaban J connectivity index is 0.00000338. The minimum atomic E-state index is -0.624. The molecule has 2 rings (SSSR count). The van der Waals surface area contributed by atoms with Gasteiger partial charge < -0.3 is 16.0 Å². The molecule has 2 amide bonds. The molecule has 3 N–H and O–H groups in total. The number of nitrogens with one attached hydrogen (secondary N) is 3. The summed E-state index contributed by atoms with van der Waals surface area (Å²) in [6.45, 7) is 9.00. The van der Waals surface area contributed by atoms with Crippen LogP contribution in [0.1, 0.15) is 24.2 Å². The molecule has 1 aromatic rings. The first kappa shape index (κ1) is 22.3. The largest absolute Gasteiger partial charge is 0.353 e. The van der Waals surface area contributed by atoms with Gasteiger partial charge in [0, 0.05) is 44.8 Å². The minimum Gasteiger partial charge on any atom is -0.353 e. The number of amides is 2. The summed E-state index contributed by atoms with van der Waals surface area (Å²) in [6, 6.07) is 4.65. The van der Waals surface area contributed by atoms with Crippen LogP contribution in [0.15, 0.2) is 24.3 Å². The van der Waals surface area contributed by atoms with Gasteiger partial charge in [-0.25, -0.2) is 4.39 Å². The van der Waals surface area contributed by atoms with E-state index in [-0.39, 0.29) is 30.1 Å². The fraction of sp³-hybridized carbons (Fsp3) is 0.556. The van der Waals surface area contributed by atoms with Gasteiger partial charge in [0.15, 0.2) is 0 Å². The lowest BCUT2D eigenvalue weighted by atomic mass is 10.0. The minimum absolute atomic E-state index is 0. The molecule has 1 saturated heterocycles. The fourth-order valence-corrected chi connectivity index (χ4v) is 2.74. The van der Waals surface area contributed by atoms with E-state index in [1.165, 1.54) is 24.3 Å². The van der Waals surface area contributed by atoms with Crippen LogP contribution < -0.4 is 16.0 Å². The van der Waals surface area contributed by atoms with Crippen molar-refractivity contribution in [2.24, 2.45) is 5.92 Å². The maximum absolute atomic E-state index is 13.0. The molecule has 1 aliphatic heterocycles. The molecule has 0 radical (unpaired) electrons. The van der Waals surface area contributed by atoms with Crippen molar-refractivity contribution in [1.29, 1.82) is 0 Å². The monoisotopic (exact) mass is 386 g/mol. The molecule has 6 nitrogen and oxygen atoms in total. The summed E-state index contributed by atoms with van der Waals surface area (Å²) in [5.41, 5.74) is 0.334. The van der Waals surface area contributed by atoms with Crippen LogP contribution in [0.3, 0.4) is 0 Å². The first-order valence-corrected chi connectivity index (χ1v) is 8.74. The van der Waals surface area contributed by atoms with Gasteiger partial charge in [0.25, 0.3) is 5.91 Å². The third-order valence-electron chi connectivity index (χ3n) is 4.28. The normalized spacial score (nSPS) is 15.8. The van der Waals surface area contributed by atoms with Crippen molar-refractivity contribution >= 4 is 24.2 Å². The standard InChI is InChI=1S/C18H27FN4O2.ClH/c1-13(2)16(22-17(24)14-3-5-15(19)6-4-14)18(25)21-9-12-23-10-7-20-8-11-23;/h3-6,13,16,20H,7-12H2,1-2H3,(H,21,25)(H,22,24);1H. The summed E-state index contributed by atoms with van der Waals surface area (Å²) in [6.07, 6.45) is 0. The molecule has 1 unspecified atom stereocenters. The van der Waals surface area contributed by atoms with Crippen LogP contribution in [-0.4, -0.2) is 62.0 Å². The zero-order valence-electron chi connectivity index (χ0n) is 15.3. The van der Waals surface area contributed by atoms with E-state index in [0.29, 0.717) is 12.1 Å². The quantitative estimate of drug-likeness (QED) is 0.654. The Bertz CT molecular complexity index is 577. The maximum atomic E-state index is 13.0. The average molecular weight is 387 g/mol. The van der Waals surface area contributed by atoms with E-state index in [4.69, 9.17) is 0 Å². The number of hydrogen-bond acceptors (Lipinski definition) is 4.